The molecule has 128 valence electrons. The summed E-state index contributed by atoms with van der Waals surface area (Å²) in [7, 11) is 0. The fourth-order valence-electron chi connectivity index (χ4n) is 2.00. The number of fused-ring (bicyclic) bond motifs is 1. The van der Waals surface area contributed by atoms with Gasteiger partial charge < -0.3 is 10.1 Å². The minimum Gasteiger partial charge on any atom is -0.448 e. The van der Waals surface area contributed by atoms with Crippen molar-refractivity contribution in [3.63, 3.8) is 0 Å². The summed E-state index contributed by atoms with van der Waals surface area (Å²) in [6.45, 7) is 3.81. The number of benzene rings is 1. The smallest absolute Gasteiger partial charge is 0.426 e. The van der Waals surface area contributed by atoms with Crippen LogP contribution in [0.2, 0.25) is 0 Å². The SMILES string of the molecule is C=CCCCOC(=O)NNC(=O)CC1Sc2ccccc2NC1=O. The average molecular weight is 349 g/mol. The van der Waals surface area contributed by atoms with E-state index in [1.807, 2.05) is 18.2 Å². The van der Waals surface area contributed by atoms with Gasteiger partial charge in [0.25, 0.3) is 0 Å². The Morgan fingerprint density at radius 3 is 2.92 bits per heavy atom. The molecule has 1 heterocycles. The van der Waals surface area contributed by atoms with Crippen molar-refractivity contribution in [2.75, 3.05) is 11.9 Å². The number of carbonyl (C=O) groups is 3. The number of allylic oxidation sites excluding steroid dienone is 1. The van der Waals surface area contributed by atoms with Crippen LogP contribution >= 0.6 is 11.8 Å². The Morgan fingerprint density at radius 1 is 1.33 bits per heavy atom. The summed E-state index contributed by atoms with van der Waals surface area (Å²) in [5.74, 6) is -0.703. The number of amides is 3. The molecule has 1 aliphatic rings. The van der Waals surface area contributed by atoms with Gasteiger partial charge in [0, 0.05) is 11.3 Å². The van der Waals surface area contributed by atoms with Gasteiger partial charge >= 0.3 is 6.09 Å². The fourth-order valence-corrected chi connectivity index (χ4v) is 3.11. The van der Waals surface area contributed by atoms with Gasteiger partial charge in [-0.1, -0.05) is 18.2 Å². The largest absolute Gasteiger partial charge is 0.448 e. The second kappa shape index (κ2) is 8.97. The molecule has 1 aromatic rings. The Morgan fingerprint density at radius 2 is 2.12 bits per heavy atom. The molecule has 0 spiro atoms. The van der Waals surface area contributed by atoms with Gasteiger partial charge in [-0.15, -0.1) is 18.3 Å². The lowest BCUT2D eigenvalue weighted by molar-refractivity contribution is -0.124. The van der Waals surface area contributed by atoms with Crippen molar-refractivity contribution in [2.45, 2.75) is 29.4 Å². The average Bonchev–Trinajstić information content (AvgIpc) is 2.57. The highest BCUT2D eigenvalue weighted by Crippen LogP contribution is 2.36. The molecular formula is C16H19N3O4S. The van der Waals surface area contributed by atoms with Crippen LogP contribution in [-0.2, 0) is 14.3 Å². The van der Waals surface area contributed by atoms with E-state index in [9.17, 15) is 14.4 Å². The van der Waals surface area contributed by atoms with E-state index in [1.165, 1.54) is 11.8 Å². The van der Waals surface area contributed by atoms with E-state index in [4.69, 9.17) is 4.74 Å². The van der Waals surface area contributed by atoms with E-state index >= 15 is 0 Å². The minimum atomic E-state index is -0.737. The van der Waals surface area contributed by atoms with Crippen molar-refractivity contribution in [1.29, 1.82) is 0 Å². The maximum Gasteiger partial charge on any atom is 0.426 e. The fraction of sp³-hybridized carbons (Fsp3) is 0.312. The van der Waals surface area contributed by atoms with Crippen LogP contribution in [0.4, 0.5) is 10.5 Å². The second-order valence-electron chi connectivity index (χ2n) is 5.04. The minimum absolute atomic E-state index is 0.0540. The summed E-state index contributed by atoms with van der Waals surface area (Å²) < 4.78 is 4.86. The zero-order valence-electron chi connectivity index (χ0n) is 13.0. The predicted octanol–water partition coefficient (Wildman–Crippen LogP) is 2.21. The first-order valence-electron chi connectivity index (χ1n) is 7.49. The van der Waals surface area contributed by atoms with Crippen LogP contribution in [0.15, 0.2) is 41.8 Å². The van der Waals surface area contributed by atoms with Gasteiger partial charge in [-0.25, -0.2) is 10.2 Å². The molecule has 0 bridgehead atoms. The normalized spacial score (nSPS) is 15.7. The van der Waals surface area contributed by atoms with Crippen molar-refractivity contribution >= 4 is 35.4 Å². The lowest BCUT2D eigenvalue weighted by atomic mass is 10.2. The molecule has 1 aliphatic heterocycles. The third kappa shape index (κ3) is 5.31. The van der Waals surface area contributed by atoms with Crippen LogP contribution in [0.25, 0.3) is 0 Å². The molecule has 8 heteroatoms. The van der Waals surface area contributed by atoms with E-state index in [2.05, 4.69) is 22.7 Å². The topological polar surface area (TPSA) is 96.5 Å². The third-order valence-corrected chi connectivity index (χ3v) is 4.44. The zero-order chi connectivity index (χ0) is 17.4. The number of rotatable bonds is 6. The van der Waals surface area contributed by atoms with Crippen molar-refractivity contribution in [1.82, 2.24) is 10.9 Å². The molecule has 1 atom stereocenters. The molecule has 3 N–H and O–H groups in total. The number of para-hydroxylation sites is 1. The molecule has 0 saturated carbocycles. The number of carbonyl (C=O) groups excluding carboxylic acids is 3. The quantitative estimate of drug-likeness (QED) is 0.416. The number of anilines is 1. The van der Waals surface area contributed by atoms with Gasteiger partial charge in [-0.05, 0) is 25.0 Å². The van der Waals surface area contributed by atoms with Crippen molar-refractivity contribution in [2.24, 2.45) is 0 Å². The van der Waals surface area contributed by atoms with Crippen molar-refractivity contribution in [3.8, 4) is 0 Å². The zero-order valence-corrected chi connectivity index (χ0v) is 13.9. The third-order valence-electron chi connectivity index (χ3n) is 3.17. The van der Waals surface area contributed by atoms with Gasteiger partial charge in [0.1, 0.15) is 0 Å². The summed E-state index contributed by atoms with van der Waals surface area (Å²) >= 11 is 1.32. The first-order chi connectivity index (χ1) is 11.6. The monoisotopic (exact) mass is 349 g/mol. The van der Waals surface area contributed by atoms with Crippen LogP contribution in [0, 0.1) is 0 Å². The number of thioether (sulfide) groups is 1. The predicted molar refractivity (Wildman–Crippen MR) is 91.4 cm³/mol. The van der Waals surface area contributed by atoms with Crippen LogP contribution in [0.1, 0.15) is 19.3 Å². The van der Waals surface area contributed by atoms with Gasteiger partial charge in [-0.3, -0.25) is 15.0 Å². The highest BCUT2D eigenvalue weighted by molar-refractivity contribution is 8.01. The molecular weight excluding hydrogens is 330 g/mol. The van der Waals surface area contributed by atoms with Crippen LogP contribution in [-0.4, -0.2) is 29.8 Å². The molecule has 0 radical (unpaired) electrons. The molecule has 24 heavy (non-hydrogen) atoms. The molecule has 0 aromatic heterocycles. The van der Waals surface area contributed by atoms with E-state index in [-0.39, 0.29) is 18.9 Å². The number of nitrogens with one attached hydrogen (secondary N) is 3. The number of unbranched alkanes of at least 4 members (excludes halogenated alkanes) is 1. The molecule has 2 rings (SSSR count). The Labute approximate surface area is 144 Å². The van der Waals surface area contributed by atoms with Crippen molar-refractivity contribution in [3.05, 3.63) is 36.9 Å². The number of ether oxygens (including phenoxy) is 1. The molecule has 1 unspecified atom stereocenters. The molecule has 3 amide bonds. The number of hydrazine groups is 1. The first kappa shape index (κ1) is 17.9. The van der Waals surface area contributed by atoms with Gasteiger partial charge in [-0.2, -0.15) is 0 Å². The standard InChI is InChI=1S/C16H19N3O4S/c1-2-3-6-9-23-16(22)19-18-14(20)10-13-15(21)17-11-7-4-5-8-12(11)24-13/h2,4-5,7-8,13H,1,3,6,9-10H2,(H,17,21)(H,18,20)(H,19,22). The molecule has 7 nitrogen and oxygen atoms in total. The maximum absolute atomic E-state index is 12.0. The Hall–Kier alpha value is -2.48. The lowest BCUT2D eigenvalue weighted by Gasteiger charge is -2.23. The van der Waals surface area contributed by atoms with Crippen LogP contribution in [0.3, 0.4) is 0 Å². The van der Waals surface area contributed by atoms with Crippen LogP contribution < -0.4 is 16.2 Å². The van der Waals surface area contributed by atoms with E-state index in [0.717, 1.165) is 17.0 Å². The molecule has 1 aromatic carbocycles. The molecule has 0 fully saturated rings. The van der Waals surface area contributed by atoms with Gasteiger partial charge in [0.05, 0.1) is 17.5 Å². The van der Waals surface area contributed by atoms with E-state index in [0.29, 0.717) is 6.42 Å². The van der Waals surface area contributed by atoms with Gasteiger partial charge in [0.2, 0.25) is 11.8 Å². The lowest BCUT2D eigenvalue weighted by Crippen LogP contribution is -2.44. The summed E-state index contributed by atoms with van der Waals surface area (Å²) in [6, 6.07) is 7.38. The number of hydrogen-bond donors (Lipinski definition) is 3. The molecule has 0 aliphatic carbocycles. The van der Waals surface area contributed by atoms with Gasteiger partial charge in [0.15, 0.2) is 0 Å². The Balaban J connectivity index is 1.73. The highest BCUT2D eigenvalue weighted by Gasteiger charge is 2.28. The van der Waals surface area contributed by atoms with E-state index in [1.54, 1.807) is 12.1 Å². The van der Waals surface area contributed by atoms with E-state index < -0.39 is 17.3 Å². The summed E-state index contributed by atoms with van der Waals surface area (Å²) in [6.07, 6.45) is 2.35. The van der Waals surface area contributed by atoms with Crippen LogP contribution in [0.5, 0.6) is 0 Å². The first-order valence-corrected chi connectivity index (χ1v) is 8.37. The summed E-state index contributed by atoms with van der Waals surface area (Å²) in [5, 5.41) is 2.21. The Kier molecular flexibility index (Phi) is 6.68. The number of hydrogen-bond acceptors (Lipinski definition) is 5. The Bertz CT molecular complexity index is 636. The summed E-state index contributed by atoms with van der Waals surface area (Å²) in [4.78, 5) is 36.1. The highest BCUT2D eigenvalue weighted by atomic mass is 32.2. The van der Waals surface area contributed by atoms with Crippen molar-refractivity contribution < 1.29 is 19.1 Å². The summed E-state index contributed by atoms with van der Waals surface area (Å²) in [5.41, 5.74) is 5.13. The maximum atomic E-state index is 12.0. The second-order valence-corrected chi connectivity index (χ2v) is 6.28. The molecule has 0 saturated heterocycles.